The smallest absolute Gasteiger partial charge is 0.344 e. The molecule has 1 aliphatic carbocycles. The van der Waals surface area contributed by atoms with Gasteiger partial charge in [-0.2, -0.15) is 0 Å². The Morgan fingerprint density at radius 2 is 1.82 bits per heavy atom. The lowest BCUT2D eigenvalue weighted by Gasteiger charge is -1.97. The predicted octanol–water partition coefficient (Wildman–Crippen LogP) is 4.63. The molecule has 0 radical (unpaired) electrons. The molecule has 0 unspecified atom stereocenters. The number of thioether (sulfide) groups is 1. The molecule has 0 saturated heterocycles. The normalized spacial score (nSPS) is 10.8. The van der Waals surface area contributed by atoms with Crippen LogP contribution in [0.4, 0.5) is 0 Å². The lowest BCUT2D eigenvalue weighted by atomic mass is 10.0. The van der Waals surface area contributed by atoms with Crippen molar-refractivity contribution in [3.8, 4) is 22.5 Å². The highest BCUT2D eigenvalue weighted by Crippen LogP contribution is 2.38. The van der Waals surface area contributed by atoms with Gasteiger partial charge in [-0.3, -0.25) is 4.79 Å². The Kier molecular flexibility index (Phi) is 4.61. The van der Waals surface area contributed by atoms with Crippen molar-refractivity contribution >= 4 is 39.8 Å². The minimum atomic E-state index is -0.380. The van der Waals surface area contributed by atoms with E-state index in [0.717, 1.165) is 33.4 Å². The fourth-order valence-corrected chi connectivity index (χ4v) is 3.91. The molecule has 2 aliphatic rings. The van der Waals surface area contributed by atoms with Gasteiger partial charge in [0.25, 0.3) is 0 Å². The summed E-state index contributed by atoms with van der Waals surface area (Å²) in [5.41, 5.74) is 2.42. The molecule has 1 aliphatic heterocycles. The van der Waals surface area contributed by atoms with Crippen molar-refractivity contribution in [1.29, 1.82) is 0 Å². The monoisotopic (exact) mass is 346 g/mol. The van der Waals surface area contributed by atoms with Gasteiger partial charge < -0.3 is 4.42 Å². The fraction of sp³-hybridized carbons (Fsp3) is 0. The minimum absolute atomic E-state index is 0.380. The Balaban J connectivity index is 2.26. The molecule has 0 fully saturated rings. The lowest BCUT2D eigenvalue weighted by Crippen LogP contribution is -1.95. The molecule has 1 aromatic carbocycles. The average molecular weight is 346 g/mol. The second-order valence-electron chi connectivity index (χ2n) is 4.42. The Hall–Kier alpha value is -1.63. The Morgan fingerprint density at radius 1 is 1.05 bits per heavy atom. The summed E-state index contributed by atoms with van der Waals surface area (Å²) in [5.74, 6) is 0.460. The first-order chi connectivity index (χ1) is 10.7. The van der Waals surface area contributed by atoms with Crippen LogP contribution in [0, 0.1) is 0 Å². The first-order valence-corrected chi connectivity index (χ1v) is 9.07. The van der Waals surface area contributed by atoms with Gasteiger partial charge in [0.05, 0.1) is 5.56 Å². The van der Waals surface area contributed by atoms with Crippen LogP contribution < -0.4 is 5.63 Å². The number of carbonyl (C=O) groups excluding carboxylic acids is 1. The zero-order chi connectivity index (χ0) is 15.5. The van der Waals surface area contributed by atoms with Crippen LogP contribution in [0.5, 0.6) is 0 Å². The number of rotatable bonds is 4. The van der Waals surface area contributed by atoms with E-state index in [4.69, 9.17) is 4.42 Å². The molecule has 6 heteroatoms. The zero-order valence-corrected chi connectivity index (χ0v) is 13.7. The van der Waals surface area contributed by atoms with E-state index in [-0.39, 0.29) is 5.63 Å². The van der Waals surface area contributed by atoms with Gasteiger partial charge >= 0.3 is 5.63 Å². The van der Waals surface area contributed by atoms with E-state index in [1.165, 1.54) is 10.8 Å². The summed E-state index contributed by atoms with van der Waals surface area (Å²) in [4.78, 5) is 24.6. The quantitative estimate of drug-likeness (QED) is 0.323. The van der Waals surface area contributed by atoms with Crippen LogP contribution in [0.15, 0.2) is 67.5 Å². The second-order valence-corrected chi connectivity index (χ2v) is 6.46. The van der Waals surface area contributed by atoms with Crippen molar-refractivity contribution < 1.29 is 9.21 Å². The number of hydrogen-bond donors (Lipinski definition) is 1. The van der Waals surface area contributed by atoms with Gasteiger partial charge in [0, 0.05) is 15.4 Å². The Morgan fingerprint density at radius 3 is 2.50 bits per heavy atom. The first-order valence-electron chi connectivity index (χ1n) is 6.32. The van der Waals surface area contributed by atoms with Crippen molar-refractivity contribution in [3.05, 3.63) is 59.0 Å². The fourth-order valence-electron chi connectivity index (χ4n) is 2.24. The van der Waals surface area contributed by atoms with Crippen LogP contribution in [0.1, 0.15) is 0 Å². The average Bonchev–Trinajstić information content (AvgIpc) is 2.74. The van der Waals surface area contributed by atoms with Crippen LogP contribution in [0.25, 0.3) is 22.5 Å². The lowest BCUT2D eigenvalue weighted by molar-refractivity contribution is 0.545. The van der Waals surface area contributed by atoms with Gasteiger partial charge in [-0.15, -0.1) is 11.7 Å². The number of furan rings is 1. The molecule has 0 amide bonds. The molecular formula is C16H10O3S3. The molecule has 22 heavy (non-hydrogen) atoms. The standard InChI is InChI=1S/C16H10O3S3/c17-9-21-14-8-12-11(6-7-13(14)22-20)15(16(18)19-12)10-4-2-1-3-5-10/h1-9,20H. The van der Waals surface area contributed by atoms with Crippen LogP contribution in [0.2, 0.25) is 0 Å². The van der Waals surface area contributed by atoms with Crippen molar-refractivity contribution in [2.75, 3.05) is 0 Å². The summed E-state index contributed by atoms with van der Waals surface area (Å²) in [5, 5.41) is 0. The third kappa shape index (κ3) is 2.82. The highest BCUT2D eigenvalue weighted by atomic mass is 33.1. The number of thiol groups is 1. The third-order valence-electron chi connectivity index (χ3n) is 3.18. The summed E-state index contributed by atoms with van der Waals surface area (Å²) >= 11 is 5.24. The highest BCUT2D eigenvalue weighted by molar-refractivity contribution is 8.68. The zero-order valence-electron chi connectivity index (χ0n) is 11.2. The number of hydrogen-bond acceptors (Lipinski definition) is 6. The van der Waals surface area contributed by atoms with Gasteiger partial charge in [0.15, 0.2) is 5.62 Å². The molecule has 0 bridgehead atoms. The van der Waals surface area contributed by atoms with Crippen LogP contribution in [0.3, 0.4) is 0 Å². The maximum absolute atomic E-state index is 12.2. The van der Waals surface area contributed by atoms with E-state index >= 15 is 0 Å². The molecule has 1 aromatic rings. The minimum Gasteiger partial charge on any atom is -0.422 e. The van der Waals surface area contributed by atoms with Crippen LogP contribution >= 0.6 is 34.2 Å². The molecule has 0 N–H and O–H groups in total. The summed E-state index contributed by atoms with van der Waals surface area (Å²) in [6, 6.07) is 14.8. The van der Waals surface area contributed by atoms with Crippen molar-refractivity contribution in [2.24, 2.45) is 0 Å². The largest absolute Gasteiger partial charge is 0.422 e. The summed E-state index contributed by atoms with van der Waals surface area (Å²) in [6.45, 7) is 0. The van der Waals surface area contributed by atoms with Crippen molar-refractivity contribution in [3.63, 3.8) is 0 Å². The number of fused-ring (bicyclic) bond motifs is 1. The van der Waals surface area contributed by atoms with E-state index in [0.29, 0.717) is 16.2 Å². The number of carbonyl (C=O) groups is 1. The van der Waals surface area contributed by atoms with Gasteiger partial charge in [0.1, 0.15) is 5.76 Å². The van der Waals surface area contributed by atoms with Crippen LogP contribution in [-0.2, 0) is 4.79 Å². The van der Waals surface area contributed by atoms with E-state index in [9.17, 15) is 9.59 Å². The van der Waals surface area contributed by atoms with E-state index in [1.807, 2.05) is 42.5 Å². The molecule has 3 rings (SSSR count). The Bertz CT molecular complexity index is 843. The first kappa shape index (κ1) is 15.3. The molecule has 0 saturated carbocycles. The second kappa shape index (κ2) is 6.64. The Labute approximate surface area is 140 Å². The topological polar surface area (TPSA) is 47.3 Å². The van der Waals surface area contributed by atoms with E-state index in [1.54, 1.807) is 6.07 Å². The molecule has 0 atom stereocenters. The van der Waals surface area contributed by atoms with E-state index < -0.39 is 0 Å². The van der Waals surface area contributed by atoms with Gasteiger partial charge in [0.2, 0.25) is 0 Å². The van der Waals surface area contributed by atoms with Gasteiger partial charge in [-0.1, -0.05) is 52.9 Å². The third-order valence-corrected chi connectivity index (χ3v) is 5.14. The van der Waals surface area contributed by atoms with Gasteiger partial charge in [-0.05, 0) is 23.8 Å². The molecule has 3 nitrogen and oxygen atoms in total. The van der Waals surface area contributed by atoms with Crippen molar-refractivity contribution in [2.45, 2.75) is 9.79 Å². The van der Waals surface area contributed by atoms with E-state index in [2.05, 4.69) is 11.7 Å². The molecular weight excluding hydrogens is 336 g/mol. The summed E-state index contributed by atoms with van der Waals surface area (Å²) in [7, 11) is 1.24. The SMILES string of the molecule is O=CSc1cc2oc(=O)c(-c3ccccc3)c-2ccc1SS. The predicted molar refractivity (Wildman–Crippen MR) is 94.5 cm³/mol. The van der Waals surface area contributed by atoms with Gasteiger partial charge in [-0.25, -0.2) is 4.79 Å². The number of benzene rings is 1. The van der Waals surface area contributed by atoms with Crippen LogP contribution in [-0.4, -0.2) is 5.62 Å². The maximum Gasteiger partial charge on any atom is 0.344 e. The molecule has 0 spiro atoms. The summed E-state index contributed by atoms with van der Waals surface area (Å²) < 4.78 is 5.38. The van der Waals surface area contributed by atoms with Crippen molar-refractivity contribution in [1.82, 2.24) is 0 Å². The molecule has 110 valence electrons. The summed E-state index contributed by atoms with van der Waals surface area (Å²) in [6.07, 6.45) is 0. The maximum atomic E-state index is 12.2. The highest BCUT2D eigenvalue weighted by Gasteiger charge is 2.19. The molecule has 1 heterocycles. The molecule has 0 aromatic heterocycles.